The van der Waals surface area contributed by atoms with E-state index >= 15 is 0 Å². The van der Waals surface area contributed by atoms with Crippen LogP contribution in [0.3, 0.4) is 0 Å². The fourth-order valence-electron chi connectivity index (χ4n) is 1.23. The third kappa shape index (κ3) is 1.50. The molecule has 0 amide bonds. The minimum absolute atomic E-state index is 0.732. The Morgan fingerprint density at radius 3 is 2.50 bits per heavy atom. The van der Waals surface area contributed by atoms with Crippen LogP contribution in [0.25, 0.3) is 0 Å². The van der Waals surface area contributed by atoms with E-state index < -0.39 is 0 Å². The smallest absolute Gasteiger partial charge is 0.0196 e. The van der Waals surface area contributed by atoms with E-state index in [0.717, 1.165) is 11.8 Å². The molecule has 0 heterocycles. The molecular weight excluding hydrogens is 120 g/mol. The molecule has 0 nitrogen and oxygen atoms in total. The van der Waals surface area contributed by atoms with Gasteiger partial charge < -0.3 is 0 Å². The van der Waals surface area contributed by atoms with Gasteiger partial charge in [-0.15, -0.1) is 0 Å². The van der Waals surface area contributed by atoms with Crippen molar-refractivity contribution in [3.8, 4) is 0 Å². The summed E-state index contributed by atoms with van der Waals surface area (Å²) in [4.78, 5) is 0. The number of hydrogen-bond acceptors (Lipinski definition) is 0. The minimum Gasteiger partial charge on any atom is -0.0809 e. The van der Waals surface area contributed by atoms with Crippen molar-refractivity contribution in [2.24, 2.45) is 11.8 Å². The second-order valence-electron chi connectivity index (χ2n) is 3.17. The van der Waals surface area contributed by atoms with Gasteiger partial charge >= 0.3 is 0 Å². The van der Waals surface area contributed by atoms with Gasteiger partial charge in [-0.3, -0.25) is 0 Å². The Labute approximate surface area is 63.6 Å². The lowest BCUT2D eigenvalue weighted by Gasteiger charge is -2.18. The summed E-state index contributed by atoms with van der Waals surface area (Å²) in [5.74, 6) is 1.47. The van der Waals surface area contributed by atoms with E-state index in [4.69, 9.17) is 0 Å². The maximum atomic E-state index is 2.38. The van der Waals surface area contributed by atoms with Crippen LogP contribution in [0.5, 0.6) is 0 Å². The summed E-state index contributed by atoms with van der Waals surface area (Å²) >= 11 is 0. The second-order valence-corrected chi connectivity index (χ2v) is 3.17. The Bertz CT molecular complexity index is 163. The quantitative estimate of drug-likeness (QED) is 0.519. The van der Waals surface area contributed by atoms with Gasteiger partial charge in [0.1, 0.15) is 0 Å². The first-order chi connectivity index (χ1) is 4.74. The maximum Gasteiger partial charge on any atom is -0.0196 e. The van der Waals surface area contributed by atoms with E-state index in [1.807, 2.05) is 0 Å². The van der Waals surface area contributed by atoms with Crippen LogP contribution in [-0.4, -0.2) is 0 Å². The monoisotopic (exact) mass is 136 g/mol. The lowest BCUT2D eigenvalue weighted by atomic mass is 9.88. The molecule has 0 spiro atoms. The summed E-state index contributed by atoms with van der Waals surface area (Å²) in [5, 5.41) is 0. The van der Waals surface area contributed by atoms with E-state index in [-0.39, 0.29) is 0 Å². The van der Waals surface area contributed by atoms with E-state index in [2.05, 4.69) is 39.0 Å². The third-order valence-electron chi connectivity index (χ3n) is 2.33. The zero-order chi connectivity index (χ0) is 7.56. The highest BCUT2D eigenvalue weighted by Gasteiger charge is 2.10. The van der Waals surface area contributed by atoms with E-state index in [1.165, 1.54) is 12.0 Å². The first-order valence-electron chi connectivity index (χ1n) is 4.13. The van der Waals surface area contributed by atoms with Crippen LogP contribution in [0.4, 0.5) is 0 Å². The van der Waals surface area contributed by atoms with Gasteiger partial charge in [0.2, 0.25) is 0 Å². The molecular formula is C10H16. The normalized spacial score (nSPS) is 32.1. The standard InChI is InChI=1S/C10H16/c1-4-10-6-5-8(2)9(3)7-10/h5-9H,4H2,1-3H3/t8-,9+/m0/s1. The minimum atomic E-state index is 0.732. The van der Waals surface area contributed by atoms with Crippen molar-refractivity contribution in [3.05, 3.63) is 23.8 Å². The number of allylic oxidation sites excluding steroid dienone is 4. The van der Waals surface area contributed by atoms with Gasteiger partial charge in [0, 0.05) is 0 Å². The fourth-order valence-corrected chi connectivity index (χ4v) is 1.23. The molecule has 0 radical (unpaired) electrons. The molecule has 1 aliphatic rings. The highest BCUT2D eigenvalue weighted by molar-refractivity contribution is 5.24. The van der Waals surface area contributed by atoms with Gasteiger partial charge in [-0.25, -0.2) is 0 Å². The molecule has 56 valence electrons. The molecule has 0 saturated carbocycles. The van der Waals surface area contributed by atoms with E-state index in [1.54, 1.807) is 0 Å². The first kappa shape index (κ1) is 7.59. The van der Waals surface area contributed by atoms with Gasteiger partial charge in [0.25, 0.3) is 0 Å². The van der Waals surface area contributed by atoms with Gasteiger partial charge in [-0.2, -0.15) is 0 Å². The molecule has 0 N–H and O–H groups in total. The topological polar surface area (TPSA) is 0 Å². The highest BCUT2D eigenvalue weighted by Crippen LogP contribution is 2.22. The van der Waals surface area contributed by atoms with Crippen LogP contribution in [-0.2, 0) is 0 Å². The molecule has 0 aromatic rings. The molecule has 0 unspecified atom stereocenters. The van der Waals surface area contributed by atoms with Crippen molar-refractivity contribution in [2.75, 3.05) is 0 Å². The van der Waals surface area contributed by atoms with Crippen LogP contribution in [0.1, 0.15) is 27.2 Å². The predicted molar refractivity (Wildman–Crippen MR) is 45.8 cm³/mol. The summed E-state index contributed by atoms with van der Waals surface area (Å²) in [6, 6.07) is 0. The largest absolute Gasteiger partial charge is 0.0809 e. The average molecular weight is 136 g/mol. The van der Waals surface area contributed by atoms with Crippen LogP contribution >= 0.6 is 0 Å². The number of hydrogen-bond donors (Lipinski definition) is 0. The predicted octanol–water partition coefficient (Wildman–Crippen LogP) is 3.16. The zero-order valence-corrected chi connectivity index (χ0v) is 7.09. The van der Waals surface area contributed by atoms with Crippen molar-refractivity contribution >= 4 is 0 Å². The zero-order valence-electron chi connectivity index (χ0n) is 7.09. The van der Waals surface area contributed by atoms with Crippen molar-refractivity contribution in [1.82, 2.24) is 0 Å². The Hall–Kier alpha value is -0.520. The lowest BCUT2D eigenvalue weighted by molar-refractivity contribution is 0.546. The Morgan fingerprint density at radius 2 is 2.00 bits per heavy atom. The van der Waals surface area contributed by atoms with Gasteiger partial charge in [0.05, 0.1) is 0 Å². The summed E-state index contributed by atoms with van der Waals surface area (Å²) in [6.07, 6.45) is 8.12. The van der Waals surface area contributed by atoms with Crippen LogP contribution in [0.2, 0.25) is 0 Å². The summed E-state index contributed by atoms with van der Waals surface area (Å²) < 4.78 is 0. The summed E-state index contributed by atoms with van der Waals surface area (Å²) in [5.41, 5.74) is 1.49. The maximum absolute atomic E-state index is 2.38. The molecule has 1 rings (SSSR count). The van der Waals surface area contributed by atoms with E-state index in [9.17, 15) is 0 Å². The highest BCUT2D eigenvalue weighted by atomic mass is 14.1. The van der Waals surface area contributed by atoms with Crippen molar-refractivity contribution in [1.29, 1.82) is 0 Å². The molecule has 0 aromatic heterocycles. The molecule has 0 aromatic carbocycles. The van der Waals surface area contributed by atoms with Crippen molar-refractivity contribution < 1.29 is 0 Å². The fraction of sp³-hybridized carbons (Fsp3) is 0.600. The molecule has 1 aliphatic carbocycles. The Kier molecular flexibility index (Phi) is 2.31. The van der Waals surface area contributed by atoms with Gasteiger partial charge in [0.15, 0.2) is 0 Å². The summed E-state index contributed by atoms with van der Waals surface area (Å²) in [7, 11) is 0. The number of rotatable bonds is 1. The average Bonchev–Trinajstić information content (AvgIpc) is 1.95. The van der Waals surface area contributed by atoms with Gasteiger partial charge in [-0.05, 0) is 18.3 Å². The van der Waals surface area contributed by atoms with Crippen molar-refractivity contribution in [2.45, 2.75) is 27.2 Å². The summed E-state index contributed by atoms with van der Waals surface area (Å²) in [6.45, 7) is 6.76. The third-order valence-corrected chi connectivity index (χ3v) is 2.33. The van der Waals surface area contributed by atoms with E-state index in [0.29, 0.717) is 0 Å². The van der Waals surface area contributed by atoms with Crippen molar-refractivity contribution in [3.63, 3.8) is 0 Å². The van der Waals surface area contributed by atoms with Crippen LogP contribution in [0, 0.1) is 11.8 Å². The first-order valence-corrected chi connectivity index (χ1v) is 4.13. The van der Waals surface area contributed by atoms with Crippen LogP contribution < -0.4 is 0 Å². The molecule has 0 aliphatic heterocycles. The lowest BCUT2D eigenvalue weighted by Crippen LogP contribution is -2.06. The Morgan fingerprint density at radius 1 is 1.30 bits per heavy atom. The molecule has 0 fully saturated rings. The molecule has 2 atom stereocenters. The molecule has 10 heavy (non-hydrogen) atoms. The SMILES string of the molecule is CCC1=C[C@@H](C)[C@@H](C)C=C1. The molecule has 0 heteroatoms. The molecule has 0 bridgehead atoms. The van der Waals surface area contributed by atoms with Crippen LogP contribution in [0.15, 0.2) is 23.8 Å². The Balaban J connectivity index is 2.66. The second kappa shape index (κ2) is 3.05. The van der Waals surface area contributed by atoms with Gasteiger partial charge in [-0.1, -0.05) is 44.6 Å². The molecule has 0 saturated heterocycles.